The van der Waals surface area contributed by atoms with Crippen molar-refractivity contribution < 1.29 is 22.3 Å². The lowest BCUT2D eigenvalue weighted by atomic mass is 10.3. The van der Waals surface area contributed by atoms with Gasteiger partial charge in [0.25, 0.3) is 0 Å². The largest absolute Gasteiger partial charge is 0.472 e. The number of ether oxygens (including phenoxy) is 1. The number of hydrogen-bond acceptors (Lipinski definition) is 1. The maximum atomic E-state index is 12.9. The fourth-order valence-electron chi connectivity index (χ4n) is 0.709. The van der Waals surface area contributed by atoms with Crippen molar-refractivity contribution in [3.8, 4) is 5.75 Å². The fourth-order valence-corrected chi connectivity index (χ4v) is 1.16. The van der Waals surface area contributed by atoms with Gasteiger partial charge in [0.05, 0.1) is 0 Å². The van der Waals surface area contributed by atoms with Crippen LogP contribution in [0.5, 0.6) is 5.75 Å². The van der Waals surface area contributed by atoms with Crippen molar-refractivity contribution in [1.29, 1.82) is 0 Å². The maximum Gasteiger partial charge on any atom is 0.472 e. The molecule has 1 nitrogen and oxygen atoms in total. The van der Waals surface area contributed by atoms with Crippen LogP contribution < -0.4 is 4.74 Å². The predicted octanol–water partition coefficient (Wildman–Crippen LogP) is 4.41. The minimum Gasteiger partial charge on any atom is -0.442 e. The van der Waals surface area contributed by atoms with Crippen LogP contribution in [0.3, 0.4) is 0 Å². The average molecular weight is 352 g/mol. The summed E-state index contributed by atoms with van der Waals surface area (Å²) in [5.74, 6) is -0.227. The van der Waals surface area contributed by atoms with Crippen LogP contribution in [-0.2, 0) is 0 Å². The lowest BCUT2D eigenvalue weighted by Crippen LogP contribution is -2.40. The SMILES string of the molecule is FC(F)(F)C(F)(Br)Oc1ccc(Br)cc1. The third-order valence-electron chi connectivity index (χ3n) is 1.39. The molecule has 7 heteroatoms. The molecule has 0 fully saturated rings. The Morgan fingerprint density at radius 3 is 1.87 bits per heavy atom. The predicted molar refractivity (Wildman–Crippen MR) is 53.6 cm³/mol. The molecular weight excluding hydrogens is 348 g/mol. The van der Waals surface area contributed by atoms with Crippen LogP contribution in [-0.4, -0.2) is 10.9 Å². The van der Waals surface area contributed by atoms with E-state index in [9.17, 15) is 17.6 Å². The molecule has 0 radical (unpaired) electrons. The van der Waals surface area contributed by atoms with Gasteiger partial charge >= 0.3 is 10.9 Å². The summed E-state index contributed by atoms with van der Waals surface area (Å²) < 4.78 is 50.0. The Hall–Kier alpha value is -0.300. The lowest BCUT2D eigenvalue weighted by Gasteiger charge is -2.22. The van der Waals surface area contributed by atoms with Gasteiger partial charge in [0.1, 0.15) is 5.75 Å². The van der Waals surface area contributed by atoms with Gasteiger partial charge in [-0.2, -0.15) is 17.6 Å². The number of alkyl halides is 5. The van der Waals surface area contributed by atoms with E-state index in [0.29, 0.717) is 4.47 Å². The van der Waals surface area contributed by atoms with E-state index in [1.807, 2.05) is 15.9 Å². The summed E-state index contributed by atoms with van der Waals surface area (Å²) in [5, 5.41) is 0. The highest BCUT2D eigenvalue weighted by atomic mass is 79.9. The minimum absolute atomic E-state index is 0.227. The Morgan fingerprint density at radius 2 is 1.47 bits per heavy atom. The number of hydrogen-bond donors (Lipinski definition) is 0. The summed E-state index contributed by atoms with van der Waals surface area (Å²) in [6.07, 6.45) is -5.14. The van der Waals surface area contributed by atoms with Gasteiger partial charge in [-0.05, 0) is 24.3 Å². The van der Waals surface area contributed by atoms with Crippen LogP contribution in [0.2, 0.25) is 0 Å². The molecule has 0 aliphatic heterocycles. The van der Waals surface area contributed by atoms with Gasteiger partial charge in [-0.3, -0.25) is 0 Å². The summed E-state index contributed by atoms with van der Waals surface area (Å²) >= 11 is 4.91. The zero-order chi connectivity index (χ0) is 11.7. The van der Waals surface area contributed by atoms with Crippen LogP contribution >= 0.6 is 31.9 Å². The first-order valence-corrected chi connectivity index (χ1v) is 5.20. The van der Waals surface area contributed by atoms with Crippen molar-refractivity contribution in [1.82, 2.24) is 0 Å². The Balaban J connectivity index is 2.82. The number of rotatable bonds is 2. The molecule has 1 rings (SSSR count). The molecule has 1 atom stereocenters. The first-order valence-electron chi connectivity index (χ1n) is 3.61. The smallest absolute Gasteiger partial charge is 0.442 e. The van der Waals surface area contributed by atoms with E-state index in [0.717, 1.165) is 0 Å². The lowest BCUT2D eigenvalue weighted by molar-refractivity contribution is -0.252. The molecule has 1 unspecified atom stereocenters. The molecule has 15 heavy (non-hydrogen) atoms. The van der Waals surface area contributed by atoms with Crippen LogP contribution in [0, 0.1) is 0 Å². The summed E-state index contributed by atoms with van der Waals surface area (Å²) in [7, 11) is 0. The molecule has 0 aliphatic rings. The second-order valence-corrected chi connectivity index (χ2v) is 4.51. The average Bonchev–Trinajstić information content (AvgIpc) is 2.06. The topological polar surface area (TPSA) is 9.23 Å². The molecule has 0 N–H and O–H groups in total. The summed E-state index contributed by atoms with van der Waals surface area (Å²) in [6, 6.07) is 5.31. The first kappa shape index (κ1) is 12.8. The van der Waals surface area contributed by atoms with Crippen LogP contribution in [0.4, 0.5) is 17.6 Å². The van der Waals surface area contributed by atoms with Gasteiger partial charge in [0, 0.05) is 20.4 Å². The zero-order valence-corrected chi connectivity index (χ0v) is 10.2. The molecule has 0 aliphatic carbocycles. The van der Waals surface area contributed by atoms with E-state index in [2.05, 4.69) is 20.7 Å². The van der Waals surface area contributed by atoms with E-state index >= 15 is 0 Å². The highest BCUT2D eigenvalue weighted by Gasteiger charge is 2.57. The van der Waals surface area contributed by atoms with Gasteiger partial charge in [0.15, 0.2) is 0 Å². The van der Waals surface area contributed by atoms with Gasteiger partial charge in [-0.25, -0.2) is 0 Å². The van der Waals surface area contributed by atoms with E-state index in [1.165, 1.54) is 24.3 Å². The molecule has 0 aromatic heterocycles. The van der Waals surface area contributed by atoms with Gasteiger partial charge < -0.3 is 4.74 Å². The minimum atomic E-state index is -5.14. The normalized spacial score (nSPS) is 15.9. The van der Waals surface area contributed by atoms with Crippen LogP contribution in [0.25, 0.3) is 0 Å². The first-order chi connectivity index (χ1) is 6.72. The summed E-state index contributed by atoms with van der Waals surface area (Å²) in [5.41, 5.74) is 0. The fraction of sp³-hybridized carbons (Fsp3) is 0.250. The van der Waals surface area contributed by atoms with Crippen molar-refractivity contribution in [2.75, 3.05) is 0 Å². The van der Waals surface area contributed by atoms with Crippen molar-refractivity contribution in [2.45, 2.75) is 10.9 Å². The Bertz CT molecular complexity index is 333. The number of halogens is 6. The molecule has 0 spiro atoms. The third kappa shape index (κ3) is 3.34. The molecule has 0 saturated heterocycles. The molecule has 1 aromatic rings. The van der Waals surface area contributed by atoms with Gasteiger partial charge in [-0.1, -0.05) is 15.9 Å². The molecule has 84 valence electrons. The quantitative estimate of drug-likeness (QED) is 0.566. The molecule has 1 aromatic carbocycles. The molecular formula is C8H4Br2F4O. The molecule has 0 bridgehead atoms. The van der Waals surface area contributed by atoms with Crippen LogP contribution in [0.15, 0.2) is 28.7 Å². The maximum absolute atomic E-state index is 12.9. The van der Waals surface area contributed by atoms with Crippen LogP contribution in [0.1, 0.15) is 0 Å². The van der Waals surface area contributed by atoms with E-state index in [1.54, 1.807) is 0 Å². The Labute approximate surface area is 99.7 Å². The Morgan fingerprint density at radius 1 is 1.00 bits per heavy atom. The third-order valence-corrected chi connectivity index (χ3v) is 2.53. The highest BCUT2D eigenvalue weighted by molar-refractivity contribution is 9.10. The second-order valence-electron chi connectivity index (χ2n) is 2.57. The van der Waals surface area contributed by atoms with E-state index < -0.39 is 10.9 Å². The highest BCUT2D eigenvalue weighted by Crippen LogP contribution is 2.40. The zero-order valence-electron chi connectivity index (χ0n) is 6.99. The van der Waals surface area contributed by atoms with Crippen molar-refractivity contribution in [2.24, 2.45) is 0 Å². The summed E-state index contributed by atoms with van der Waals surface area (Å²) in [4.78, 5) is 0. The van der Waals surface area contributed by atoms with Crippen molar-refractivity contribution in [3.05, 3.63) is 28.7 Å². The number of benzene rings is 1. The molecule has 0 saturated carbocycles. The monoisotopic (exact) mass is 350 g/mol. The van der Waals surface area contributed by atoms with E-state index in [-0.39, 0.29) is 5.75 Å². The Kier molecular flexibility index (Phi) is 3.65. The second kappa shape index (κ2) is 4.29. The molecule has 0 heterocycles. The van der Waals surface area contributed by atoms with Gasteiger partial charge in [-0.15, -0.1) is 0 Å². The summed E-state index contributed by atoms with van der Waals surface area (Å²) in [6.45, 7) is 0. The van der Waals surface area contributed by atoms with E-state index in [4.69, 9.17) is 0 Å². The van der Waals surface area contributed by atoms with Gasteiger partial charge in [0.2, 0.25) is 0 Å². The standard InChI is InChI=1S/C8H4Br2F4O/c9-5-1-3-6(4-2-5)15-7(10,11)8(12,13)14/h1-4H. The van der Waals surface area contributed by atoms with Crippen molar-refractivity contribution >= 4 is 31.9 Å². The molecule has 0 amide bonds. The van der Waals surface area contributed by atoms with Crippen molar-refractivity contribution in [3.63, 3.8) is 0 Å².